The molecule has 0 aliphatic carbocycles. The molecule has 2 heterocycles. The molecule has 2 aromatic heterocycles. The fourth-order valence-electron chi connectivity index (χ4n) is 1.72. The molecule has 0 spiro atoms. The van der Waals surface area contributed by atoms with E-state index in [1.807, 2.05) is 29.1 Å². The highest BCUT2D eigenvalue weighted by molar-refractivity contribution is 6.16. The van der Waals surface area contributed by atoms with Gasteiger partial charge in [-0.2, -0.15) is 5.10 Å². The van der Waals surface area contributed by atoms with Gasteiger partial charge in [0, 0.05) is 24.5 Å². The third-order valence-corrected chi connectivity index (χ3v) is 2.77. The van der Waals surface area contributed by atoms with E-state index in [9.17, 15) is 0 Å². The van der Waals surface area contributed by atoms with E-state index in [-0.39, 0.29) is 0 Å². The van der Waals surface area contributed by atoms with Crippen molar-refractivity contribution in [3.8, 4) is 11.3 Å². The van der Waals surface area contributed by atoms with Crippen molar-refractivity contribution in [3.05, 3.63) is 36.3 Å². The van der Waals surface area contributed by atoms with E-state index in [2.05, 4.69) is 23.9 Å². The maximum absolute atomic E-state index is 5.94. The summed E-state index contributed by atoms with van der Waals surface area (Å²) in [5, 5.41) is 4.58. The normalized spacial score (nSPS) is 11.1. The van der Waals surface area contributed by atoms with Crippen LogP contribution in [0.15, 0.2) is 30.6 Å². The molecule has 0 saturated carbocycles. The molecule has 0 bridgehead atoms. The Labute approximate surface area is 106 Å². The van der Waals surface area contributed by atoms with Gasteiger partial charge in [-0.05, 0) is 24.1 Å². The van der Waals surface area contributed by atoms with Crippen molar-refractivity contribution in [1.82, 2.24) is 14.8 Å². The van der Waals surface area contributed by atoms with Crippen LogP contribution in [0.25, 0.3) is 11.3 Å². The largest absolute Gasteiger partial charge is 0.267 e. The van der Waals surface area contributed by atoms with Gasteiger partial charge in [-0.25, -0.2) is 0 Å². The van der Waals surface area contributed by atoms with Gasteiger partial charge in [0.2, 0.25) is 0 Å². The molecule has 17 heavy (non-hydrogen) atoms. The van der Waals surface area contributed by atoms with E-state index in [4.69, 9.17) is 11.6 Å². The van der Waals surface area contributed by atoms with Gasteiger partial charge >= 0.3 is 0 Å². The monoisotopic (exact) mass is 249 g/mol. The summed E-state index contributed by atoms with van der Waals surface area (Å²) in [6.07, 6.45) is 3.58. The van der Waals surface area contributed by atoms with Crippen LogP contribution in [0.5, 0.6) is 0 Å². The fraction of sp³-hybridized carbons (Fsp3) is 0.385. The zero-order valence-corrected chi connectivity index (χ0v) is 10.9. The Hall–Kier alpha value is -1.35. The third-order valence-electron chi connectivity index (χ3n) is 2.50. The second-order valence-electron chi connectivity index (χ2n) is 4.47. The molecule has 2 aromatic rings. The van der Waals surface area contributed by atoms with Crippen molar-refractivity contribution in [3.63, 3.8) is 0 Å². The predicted octanol–water partition coefficient (Wildman–Crippen LogP) is 3.34. The minimum atomic E-state index is 0.486. The first kappa shape index (κ1) is 12.1. The summed E-state index contributed by atoms with van der Waals surface area (Å²) in [5.74, 6) is 1.04. The zero-order chi connectivity index (χ0) is 12.3. The van der Waals surface area contributed by atoms with Gasteiger partial charge in [0.25, 0.3) is 0 Å². The van der Waals surface area contributed by atoms with E-state index in [1.54, 1.807) is 6.20 Å². The topological polar surface area (TPSA) is 30.7 Å². The summed E-state index contributed by atoms with van der Waals surface area (Å²) < 4.78 is 1.99. The molecule has 0 N–H and O–H groups in total. The summed E-state index contributed by atoms with van der Waals surface area (Å²) in [6.45, 7) is 5.23. The fourth-order valence-corrected chi connectivity index (χ4v) is 1.94. The standard InChI is InChI=1S/C13H16ClN3/c1-10(2)9-17-12(7-14)6-13(16-17)11-4-3-5-15-8-11/h3-6,8,10H,7,9H2,1-2H3. The second kappa shape index (κ2) is 5.32. The molecule has 0 fully saturated rings. The third kappa shape index (κ3) is 2.86. The van der Waals surface area contributed by atoms with Gasteiger partial charge in [-0.15, -0.1) is 11.6 Å². The lowest BCUT2D eigenvalue weighted by molar-refractivity contribution is 0.474. The van der Waals surface area contributed by atoms with Crippen LogP contribution >= 0.6 is 11.6 Å². The molecule has 90 valence electrons. The van der Waals surface area contributed by atoms with Gasteiger partial charge in [0.05, 0.1) is 17.3 Å². The summed E-state index contributed by atoms with van der Waals surface area (Å²) >= 11 is 5.94. The van der Waals surface area contributed by atoms with Crippen LogP contribution in [-0.2, 0) is 12.4 Å². The summed E-state index contributed by atoms with van der Waals surface area (Å²) in [4.78, 5) is 4.10. The number of alkyl halides is 1. The van der Waals surface area contributed by atoms with Crippen molar-refractivity contribution < 1.29 is 0 Å². The molecule has 0 saturated heterocycles. The molecule has 4 heteroatoms. The second-order valence-corrected chi connectivity index (χ2v) is 4.74. The minimum Gasteiger partial charge on any atom is -0.267 e. The highest BCUT2D eigenvalue weighted by Gasteiger charge is 2.09. The first-order valence-electron chi connectivity index (χ1n) is 5.73. The summed E-state index contributed by atoms with van der Waals surface area (Å²) in [7, 11) is 0. The molecule has 0 aliphatic heterocycles. The lowest BCUT2D eigenvalue weighted by atomic mass is 10.2. The number of hydrogen-bond donors (Lipinski definition) is 0. The van der Waals surface area contributed by atoms with E-state index >= 15 is 0 Å². The number of pyridine rings is 1. The molecular formula is C13H16ClN3. The molecule has 0 amide bonds. The van der Waals surface area contributed by atoms with Crippen LogP contribution in [0.1, 0.15) is 19.5 Å². The van der Waals surface area contributed by atoms with Gasteiger partial charge in [-0.1, -0.05) is 13.8 Å². The molecule has 0 aliphatic rings. The minimum absolute atomic E-state index is 0.486. The van der Waals surface area contributed by atoms with Crippen molar-refractivity contribution in [2.24, 2.45) is 5.92 Å². The number of nitrogens with zero attached hydrogens (tertiary/aromatic N) is 3. The SMILES string of the molecule is CC(C)Cn1nc(-c2cccnc2)cc1CCl. The molecule has 0 unspecified atom stereocenters. The number of aromatic nitrogens is 3. The van der Waals surface area contributed by atoms with E-state index in [1.165, 1.54) is 0 Å². The quantitative estimate of drug-likeness (QED) is 0.778. The average Bonchev–Trinajstić information content (AvgIpc) is 2.72. The zero-order valence-electron chi connectivity index (χ0n) is 10.1. The van der Waals surface area contributed by atoms with Crippen LogP contribution < -0.4 is 0 Å². The van der Waals surface area contributed by atoms with Gasteiger partial charge < -0.3 is 0 Å². The maximum Gasteiger partial charge on any atom is 0.0941 e. The van der Waals surface area contributed by atoms with Crippen LogP contribution in [-0.4, -0.2) is 14.8 Å². The first-order chi connectivity index (χ1) is 8.20. The Morgan fingerprint density at radius 1 is 1.41 bits per heavy atom. The number of hydrogen-bond acceptors (Lipinski definition) is 2. The molecule has 0 aromatic carbocycles. The van der Waals surface area contributed by atoms with Crippen molar-refractivity contribution in [2.75, 3.05) is 0 Å². The van der Waals surface area contributed by atoms with E-state index in [0.29, 0.717) is 11.8 Å². The molecule has 0 atom stereocenters. The highest BCUT2D eigenvalue weighted by atomic mass is 35.5. The predicted molar refractivity (Wildman–Crippen MR) is 69.9 cm³/mol. The Balaban J connectivity index is 2.34. The average molecular weight is 250 g/mol. The lowest BCUT2D eigenvalue weighted by Crippen LogP contribution is -2.08. The smallest absolute Gasteiger partial charge is 0.0941 e. The van der Waals surface area contributed by atoms with Crippen molar-refractivity contribution in [1.29, 1.82) is 0 Å². The Morgan fingerprint density at radius 2 is 2.24 bits per heavy atom. The maximum atomic E-state index is 5.94. The van der Waals surface area contributed by atoms with Gasteiger partial charge in [0.1, 0.15) is 0 Å². The number of halogens is 1. The van der Waals surface area contributed by atoms with Crippen molar-refractivity contribution in [2.45, 2.75) is 26.3 Å². The lowest BCUT2D eigenvalue weighted by Gasteiger charge is -2.07. The van der Waals surface area contributed by atoms with Crippen LogP contribution in [0.2, 0.25) is 0 Å². The van der Waals surface area contributed by atoms with E-state index < -0.39 is 0 Å². The number of rotatable bonds is 4. The molecular weight excluding hydrogens is 234 g/mol. The molecule has 3 nitrogen and oxygen atoms in total. The molecule has 0 radical (unpaired) electrons. The van der Waals surface area contributed by atoms with Gasteiger partial charge in [-0.3, -0.25) is 9.67 Å². The van der Waals surface area contributed by atoms with Crippen LogP contribution in [0.4, 0.5) is 0 Å². The van der Waals surface area contributed by atoms with Crippen LogP contribution in [0.3, 0.4) is 0 Å². The van der Waals surface area contributed by atoms with Gasteiger partial charge in [0.15, 0.2) is 0 Å². The highest BCUT2D eigenvalue weighted by Crippen LogP contribution is 2.19. The summed E-state index contributed by atoms with van der Waals surface area (Å²) in [6, 6.07) is 5.95. The Morgan fingerprint density at radius 3 is 2.82 bits per heavy atom. The first-order valence-corrected chi connectivity index (χ1v) is 6.27. The summed E-state index contributed by atoms with van der Waals surface area (Å²) in [5.41, 5.74) is 3.02. The van der Waals surface area contributed by atoms with Crippen molar-refractivity contribution >= 4 is 11.6 Å². The molecule has 2 rings (SSSR count). The Bertz CT molecular complexity index is 477. The Kier molecular flexibility index (Phi) is 3.79. The van der Waals surface area contributed by atoms with Crippen LogP contribution in [0, 0.1) is 5.92 Å². The van der Waals surface area contributed by atoms with E-state index in [0.717, 1.165) is 23.5 Å².